The van der Waals surface area contributed by atoms with Gasteiger partial charge in [-0.1, -0.05) is 18.2 Å². The number of benzene rings is 1. The van der Waals surface area contributed by atoms with E-state index in [2.05, 4.69) is 17.1 Å². The molecule has 0 N–H and O–H groups in total. The molecule has 2 aromatic rings. The van der Waals surface area contributed by atoms with Crippen LogP contribution >= 0.6 is 0 Å². The van der Waals surface area contributed by atoms with Gasteiger partial charge in [0.2, 0.25) is 0 Å². The SMILES string of the molecule is O=C(CCc1cccnc1)c1ccc2c(c1)CCC2. The Hall–Kier alpha value is -1.96. The molecule has 19 heavy (non-hydrogen) atoms. The summed E-state index contributed by atoms with van der Waals surface area (Å²) in [5.74, 6) is 0.235. The summed E-state index contributed by atoms with van der Waals surface area (Å²) in [6, 6.07) is 10.1. The number of rotatable bonds is 4. The van der Waals surface area contributed by atoms with Gasteiger partial charge in [-0.25, -0.2) is 0 Å². The number of nitrogens with zero attached hydrogens (tertiary/aromatic N) is 1. The number of carbonyl (C=O) groups is 1. The van der Waals surface area contributed by atoms with E-state index in [0.29, 0.717) is 6.42 Å². The highest BCUT2D eigenvalue weighted by Crippen LogP contribution is 2.23. The van der Waals surface area contributed by atoms with Crippen molar-refractivity contribution in [2.24, 2.45) is 0 Å². The van der Waals surface area contributed by atoms with E-state index in [1.54, 1.807) is 6.20 Å². The minimum Gasteiger partial charge on any atom is -0.294 e. The average molecular weight is 251 g/mol. The molecule has 0 unspecified atom stereocenters. The third-order valence-electron chi connectivity index (χ3n) is 3.78. The van der Waals surface area contributed by atoms with Gasteiger partial charge >= 0.3 is 0 Å². The topological polar surface area (TPSA) is 30.0 Å². The molecule has 0 spiro atoms. The van der Waals surface area contributed by atoms with Gasteiger partial charge in [0.15, 0.2) is 5.78 Å². The van der Waals surface area contributed by atoms with Crippen LogP contribution in [0.2, 0.25) is 0 Å². The van der Waals surface area contributed by atoms with Crippen molar-refractivity contribution in [3.05, 3.63) is 65.0 Å². The Labute approximate surface area is 113 Å². The first-order valence-corrected chi connectivity index (χ1v) is 6.87. The third kappa shape index (κ3) is 2.73. The van der Waals surface area contributed by atoms with Crippen molar-refractivity contribution >= 4 is 5.78 Å². The van der Waals surface area contributed by atoms with E-state index in [1.807, 2.05) is 24.4 Å². The third-order valence-corrected chi connectivity index (χ3v) is 3.78. The van der Waals surface area contributed by atoms with Crippen molar-refractivity contribution < 1.29 is 4.79 Å². The largest absolute Gasteiger partial charge is 0.294 e. The Morgan fingerprint density at radius 2 is 2.05 bits per heavy atom. The van der Waals surface area contributed by atoms with Crippen molar-refractivity contribution in [1.82, 2.24) is 4.98 Å². The van der Waals surface area contributed by atoms with Crippen molar-refractivity contribution in [2.45, 2.75) is 32.1 Å². The summed E-state index contributed by atoms with van der Waals surface area (Å²) in [6.07, 6.45) is 8.43. The molecule has 1 aromatic carbocycles. The number of carbonyl (C=O) groups excluding carboxylic acids is 1. The Morgan fingerprint density at radius 1 is 1.16 bits per heavy atom. The summed E-state index contributed by atoms with van der Waals surface area (Å²) in [5.41, 5.74) is 4.78. The number of aryl methyl sites for hydroxylation is 3. The Balaban J connectivity index is 1.67. The molecule has 0 bridgehead atoms. The first-order valence-electron chi connectivity index (χ1n) is 6.87. The lowest BCUT2D eigenvalue weighted by Gasteiger charge is -2.04. The van der Waals surface area contributed by atoms with Crippen LogP contribution in [0.25, 0.3) is 0 Å². The summed E-state index contributed by atoms with van der Waals surface area (Å²) in [5, 5.41) is 0. The number of hydrogen-bond donors (Lipinski definition) is 0. The molecule has 0 amide bonds. The molecule has 1 aliphatic carbocycles. The van der Waals surface area contributed by atoms with E-state index in [4.69, 9.17) is 0 Å². The second kappa shape index (κ2) is 5.35. The molecule has 0 saturated carbocycles. The Kier molecular flexibility index (Phi) is 3.41. The first-order chi connectivity index (χ1) is 9.33. The predicted molar refractivity (Wildman–Crippen MR) is 75.4 cm³/mol. The summed E-state index contributed by atoms with van der Waals surface area (Å²) in [4.78, 5) is 16.3. The maximum absolute atomic E-state index is 12.2. The minimum atomic E-state index is 0.235. The van der Waals surface area contributed by atoms with E-state index in [-0.39, 0.29) is 5.78 Å². The Morgan fingerprint density at radius 3 is 2.89 bits per heavy atom. The highest BCUT2D eigenvalue weighted by molar-refractivity contribution is 5.96. The van der Waals surface area contributed by atoms with Crippen molar-refractivity contribution in [1.29, 1.82) is 0 Å². The van der Waals surface area contributed by atoms with E-state index >= 15 is 0 Å². The summed E-state index contributed by atoms with van der Waals surface area (Å²) < 4.78 is 0. The van der Waals surface area contributed by atoms with E-state index in [9.17, 15) is 4.79 Å². The highest BCUT2D eigenvalue weighted by Gasteiger charge is 2.13. The van der Waals surface area contributed by atoms with Gasteiger partial charge in [0.1, 0.15) is 0 Å². The van der Waals surface area contributed by atoms with Gasteiger partial charge < -0.3 is 0 Å². The first kappa shape index (κ1) is 12.1. The molecule has 0 aliphatic heterocycles. The number of Topliss-reactive ketones (excluding diaryl/α,β-unsaturated/α-hetero) is 1. The second-order valence-electron chi connectivity index (χ2n) is 5.12. The molecule has 96 valence electrons. The van der Waals surface area contributed by atoms with Crippen molar-refractivity contribution in [3.8, 4) is 0 Å². The molecule has 0 saturated heterocycles. The van der Waals surface area contributed by atoms with E-state index in [1.165, 1.54) is 24.0 Å². The fourth-order valence-electron chi connectivity index (χ4n) is 2.69. The van der Waals surface area contributed by atoms with Crippen LogP contribution in [-0.4, -0.2) is 10.8 Å². The van der Waals surface area contributed by atoms with Crippen LogP contribution < -0.4 is 0 Å². The molecule has 0 fully saturated rings. The number of hydrogen-bond acceptors (Lipinski definition) is 2. The zero-order valence-corrected chi connectivity index (χ0v) is 10.9. The molecule has 2 nitrogen and oxygen atoms in total. The number of pyridine rings is 1. The van der Waals surface area contributed by atoms with E-state index in [0.717, 1.165) is 24.0 Å². The Bertz CT molecular complexity index is 589. The smallest absolute Gasteiger partial charge is 0.163 e. The van der Waals surface area contributed by atoms with Crippen LogP contribution in [0, 0.1) is 0 Å². The molecule has 3 rings (SSSR count). The van der Waals surface area contributed by atoms with Gasteiger partial charge in [-0.2, -0.15) is 0 Å². The second-order valence-corrected chi connectivity index (χ2v) is 5.12. The van der Waals surface area contributed by atoms with Crippen LogP contribution in [0.4, 0.5) is 0 Å². The zero-order valence-electron chi connectivity index (χ0n) is 10.9. The van der Waals surface area contributed by atoms with Crippen molar-refractivity contribution in [2.75, 3.05) is 0 Å². The zero-order chi connectivity index (χ0) is 13.1. The molecule has 2 heteroatoms. The lowest BCUT2D eigenvalue weighted by molar-refractivity contribution is 0.0982. The van der Waals surface area contributed by atoms with Gasteiger partial charge in [-0.3, -0.25) is 9.78 Å². The lowest BCUT2D eigenvalue weighted by atomic mass is 10.00. The van der Waals surface area contributed by atoms with Crippen LogP contribution in [0.5, 0.6) is 0 Å². The lowest BCUT2D eigenvalue weighted by Crippen LogP contribution is -2.02. The molecule has 0 radical (unpaired) electrons. The van der Waals surface area contributed by atoms with Crippen LogP contribution in [0.15, 0.2) is 42.7 Å². The van der Waals surface area contributed by atoms with Crippen LogP contribution in [0.1, 0.15) is 39.9 Å². The summed E-state index contributed by atoms with van der Waals surface area (Å²) >= 11 is 0. The fraction of sp³-hybridized carbons (Fsp3) is 0.294. The van der Waals surface area contributed by atoms with Gasteiger partial charge in [-0.05, 0) is 54.5 Å². The highest BCUT2D eigenvalue weighted by atomic mass is 16.1. The monoisotopic (exact) mass is 251 g/mol. The van der Waals surface area contributed by atoms with Gasteiger partial charge in [-0.15, -0.1) is 0 Å². The van der Waals surface area contributed by atoms with E-state index < -0.39 is 0 Å². The van der Waals surface area contributed by atoms with Gasteiger partial charge in [0, 0.05) is 24.4 Å². The predicted octanol–water partition coefficient (Wildman–Crippen LogP) is 3.39. The number of fused-ring (bicyclic) bond motifs is 1. The molecule has 1 aromatic heterocycles. The van der Waals surface area contributed by atoms with Crippen molar-refractivity contribution in [3.63, 3.8) is 0 Å². The number of aromatic nitrogens is 1. The normalized spacial score (nSPS) is 13.3. The molecule has 1 aliphatic rings. The maximum atomic E-state index is 12.2. The molecule has 0 atom stereocenters. The van der Waals surface area contributed by atoms with Crippen LogP contribution in [-0.2, 0) is 19.3 Å². The summed E-state index contributed by atoms with van der Waals surface area (Å²) in [7, 11) is 0. The summed E-state index contributed by atoms with van der Waals surface area (Å²) in [6.45, 7) is 0. The standard InChI is InChI=1S/C17H17NO/c19-17(9-6-13-3-2-10-18-12-13)16-8-7-14-4-1-5-15(14)11-16/h2-3,7-8,10-12H,1,4-6,9H2. The number of ketones is 1. The minimum absolute atomic E-state index is 0.235. The fourth-order valence-corrected chi connectivity index (χ4v) is 2.69. The molecule has 1 heterocycles. The van der Waals surface area contributed by atoms with Crippen LogP contribution in [0.3, 0.4) is 0 Å². The van der Waals surface area contributed by atoms with Gasteiger partial charge in [0.05, 0.1) is 0 Å². The average Bonchev–Trinajstić information content (AvgIpc) is 2.93. The maximum Gasteiger partial charge on any atom is 0.163 e. The molecular weight excluding hydrogens is 234 g/mol. The quantitative estimate of drug-likeness (QED) is 0.780. The van der Waals surface area contributed by atoms with Gasteiger partial charge in [0.25, 0.3) is 0 Å². The molecular formula is C17H17NO.